The molecule has 4 nitrogen and oxygen atoms in total. The van der Waals surface area contributed by atoms with Crippen LogP contribution in [0.1, 0.15) is 33.6 Å². The number of hydrogen-bond donors (Lipinski definition) is 1. The van der Waals surface area contributed by atoms with Crippen LogP contribution in [0.15, 0.2) is 0 Å². The van der Waals surface area contributed by atoms with Gasteiger partial charge in [0.1, 0.15) is 5.38 Å². The molecular formula is C14H26ClNO3Si. The van der Waals surface area contributed by atoms with Crippen molar-refractivity contribution in [3.63, 3.8) is 0 Å². The predicted molar refractivity (Wildman–Crippen MR) is 82.5 cm³/mol. The molecule has 2 rings (SSSR count). The van der Waals surface area contributed by atoms with E-state index >= 15 is 0 Å². The van der Waals surface area contributed by atoms with Crippen molar-refractivity contribution in [1.82, 2.24) is 4.90 Å². The highest BCUT2D eigenvalue weighted by Crippen LogP contribution is 2.39. The third kappa shape index (κ3) is 2.91. The van der Waals surface area contributed by atoms with Gasteiger partial charge < -0.3 is 14.4 Å². The Labute approximate surface area is 127 Å². The zero-order valence-electron chi connectivity index (χ0n) is 13.0. The lowest BCUT2D eigenvalue weighted by Crippen LogP contribution is -2.55. The summed E-state index contributed by atoms with van der Waals surface area (Å²) in [6, 6.07) is -0.121. The predicted octanol–water partition coefficient (Wildman–Crippen LogP) is 2.35. The minimum absolute atomic E-state index is 0.0563. The fourth-order valence-corrected chi connectivity index (χ4v) is 4.44. The van der Waals surface area contributed by atoms with E-state index in [1.54, 1.807) is 4.90 Å². The van der Waals surface area contributed by atoms with Crippen molar-refractivity contribution >= 4 is 25.8 Å². The molecule has 0 aromatic heterocycles. The summed E-state index contributed by atoms with van der Waals surface area (Å²) in [7, 11) is -1.89. The molecule has 0 aromatic carbocycles. The highest BCUT2D eigenvalue weighted by atomic mass is 35.5. The second kappa shape index (κ2) is 5.27. The first-order chi connectivity index (χ1) is 9.03. The van der Waals surface area contributed by atoms with Crippen LogP contribution in [0.3, 0.4) is 0 Å². The van der Waals surface area contributed by atoms with Gasteiger partial charge in [0.25, 0.3) is 0 Å². The first kappa shape index (κ1) is 16.3. The fourth-order valence-electron chi connectivity index (χ4n) is 2.77. The Kier molecular flexibility index (Phi) is 4.29. The number of fused-ring (bicyclic) bond motifs is 1. The molecule has 0 aliphatic carbocycles. The van der Waals surface area contributed by atoms with Gasteiger partial charge in [-0.25, -0.2) is 0 Å². The van der Waals surface area contributed by atoms with Gasteiger partial charge in [-0.2, -0.15) is 0 Å². The number of piperidine rings is 1. The maximum atomic E-state index is 12.0. The first-order valence-corrected chi connectivity index (χ1v) is 10.7. The largest absolute Gasteiger partial charge is 0.412 e. The molecule has 2 heterocycles. The Morgan fingerprint density at radius 1 is 1.35 bits per heavy atom. The molecule has 1 N–H and O–H groups in total. The van der Waals surface area contributed by atoms with Gasteiger partial charge >= 0.3 is 0 Å². The molecular weight excluding hydrogens is 294 g/mol. The average molecular weight is 320 g/mol. The molecule has 0 saturated carbocycles. The number of carbonyl (C=O) groups is 1. The monoisotopic (exact) mass is 319 g/mol. The summed E-state index contributed by atoms with van der Waals surface area (Å²) in [6.07, 6.45) is 0.554. The van der Waals surface area contributed by atoms with E-state index in [-0.39, 0.29) is 23.1 Å². The number of amides is 1. The minimum Gasteiger partial charge on any atom is -0.412 e. The number of aliphatic hydroxyl groups is 1. The average Bonchev–Trinajstić information content (AvgIpc) is 2.55. The van der Waals surface area contributed by atoms with Gasteiger partial charge in [0, 0.05) is 13.0 Å². The van der Waals surface area contributed by atoms with Gasteiger partial charge in [0.2, 0.25) is 5.91 Å². The zero-order chi connectivity index (χ0) is 15.3. The van der Waals surface area contributed by atoms with Crippen molar-refractivity contribution in [3.05, 3.63) is 0 Å². The van der Waals surface area contributed by atoms with Crippen molar-refractivity contribution in [1.29, 1.82) is 0 Å². The van der Waals surface area contributed by atoms with Crippen molar-refractivity contribution in [2.45, 2.75) is 75.4 Å². The molecule has 0 radical (unpaired) electrons. The molecule has 20 heavy (non-hydrogen) atoms. The molecule has 6 heteroatoms. The number of rotatable bonds is 2. The lowest BCUT2D eigenvalue weighted by atomic mass is 9.97. The highest BCUT2D eigenvalue weighted by Gasteiger charge is 2.48. The van der Waals surface area contributed by atoms with Crippen molar-refractivity contribution < 1.29 is 14.3 Å². The van der Waals surface area contributed by atoms with E-state index in [0.29, 0.717) is 19.4 Å². The second-order valence-corrected chi connectivity index (χ2v) is 12.8. The van der Waals surface area contributed by atoms with Crippen LogP contribution in [0.2, 0.25) is 18.1 Å². The topological polar surface area (TPSA) is 49.8 Å². The molecule has 2 aliphatic heterocycles. The standard InChI is InChI=1S/C14H26ClNO3Si/c1-14(2,3)20(4,5)19-9-6-12(17)11-7-10(15)13(18)16(11)8-9/h9-12,17H,6-8H2,1-5H3/t9-,10?,11?,12-/m1/s1. The molecule has 0 spiro atoms. The van der Waals surface area contributed by atoms with Gasteiger partial charge in [-0.05, 0) is 24.6 Å². The Bertz CT molecular complexity index is 396. The van der Waals surface area contributed by atoms with E-state index in [0.717, 1.165) is 0 Å². The van der Waals surface area contributed by atoms with Gasteiger partial charge in [-0.1, -0.05) is 20.8 Å². The van der Waals surface area contributed by atoms with Crippen LogP contribution in [0, 0.1) is 0 Å². The molecule has 1 amide bonds. The number of nitrogens with zero attached hydrogens (tertiary/aromatic N) is 1. The number of carbonyl (C=O) groups excluding carboxylic acids is 1. The van der Waals surface area contributed by atoms with Crippen LogP contribution >= 0.6 is 11.6 Å². The van der Waals surface area contributed by atoms with E-state index in [4.69, 9.17) is 16.0 Å². The summed E-state index contributed by atoms with van der Waals surface area (Å²) in [5.74, 6) is -0.0563. The highest BCUT2D eigenvalue weighted by molar-refractivity contribution is 6.74. The van der Waals surface area contributed by atoms with Crippen LogP contribution in [-0.4, -0.2) is 54.4 Å². The van der Waals surface area contributed by atoms with Gasteiger partial charge in [-0.15, -0.1) is 11.6 Å². The lowest BCUT2D eigenvalue weighted by molar-refractivity contribution is -0.135. The quantitative estimate of drug-likeness (QED) is 0.628. The maximum absolute atomic E-state index is 12.0. The molecule has 0 bridgehead atoms. The van der Waals surface area contributed by atoms with Crippen LogP contribution in [-0.2, 0) is 9.22 Å². The summed E-state index contributed by atoms with van der Waals surface area (Å²) in [6.45, 7) is 11.5. The minimum atomic E-state index is -1.89. The third-order valence-corrected chi connectivity index (χ3v) is 9.92. The maximum Gasteiger partial charge on any atom is 0.241 e. The van der Waals surface area contributed by atoms with Crippen molar-refractivity contribution in [3.8, 4) is 0 Å². The van der Waals surface area contributed by atoms with Crippen LogP contribution < -0.4 is 0 Å². The SMILES string of the molecule is CC(C)(C)[Si](C)(C)O[C@@H]1C[C@@H](O)C2CC(Cl)C(=O)N2C1. The summed E-state index contributed by atoms with van der Waals surface area (Å²) < 4.78 is 6.35. The summed E-state index contributed by atoms with van der Waals surface area (Å²) >= 11 is 6.02. The van der Waals surface area contributed by atoms with E-state index in [1.807, 2.05) is 0 Å². The number of hydrogen-bond acceptors (Lipinski definition) is 3. The summed E-state index contributed by atoms with van der Waals surface area (Å²) in [5.41, 5.74) is 0. The molecule has 2 fully saturated rings. The van der Waals surface area contributed by atoms with Gasteiger partial charge in [0.05, 0.1) is 18.2 Å². The Balaban J connectivity index is 2.08. The van der Waals surface area contributed by atoms with Crippen LogP contribution in [0.5, 0.6) is 0 Å². The summed E-state index contributed by atoms with van der Waals surface area (Å²) in [4.78, 5) is 13.8. The van der Waals surface area contributed by atoms with E-state index in [1.165, 1.54) is 0 Å². The van der Waals surface area contributed by atoms with Gasteiger partial charge in [0.15, 0.2) is 8.32 Å². The van der Waals surface area contributed by atoms with E-state index < -0.39 is 19.8 Å². The lowest BCUT2D eigenvalue weighted by Gasteiger charge is -2.44. The van der Waals surface area contributed by atoms with E-state index in [9.17, 15) is 9.90 Å². The molecule has 2 saturated heterocycles. The fraction of sp³-hybridized carbons (Fsp3) is 0.929. The molecule has 2 aliphatic rings. The van der Waals surface area contributed by atoms with Crippen LogP contribution in [0.25, 0.3) is 0 Å². The number of halogens is 1. The Morgan fingerprint density at radius 2 is 1.95 bits per heavy atom. The zero-order valence-corrected chi connectivity index (χ0v) is 14.8. The normalized spacial score (nSPS) is 35.4. The molecule has 2 unspecified atom stereocenters. The summed E-state index contributed by atoms with van der Waals surface area (Å²) in [5, 5.41) is 9.91. The van der Waals surface area contributed by atoms with Gasteiger partial charge in [-0.3, -0.25) is 4.79 Å². The van der Waals surface area contributed by atoms with Crippen molar-refractivity contribution in [2.24, 2.45) is 0 Å². The molecule has 0 aromatic rings. The van der Waals surface area contributed by atoms with E-state index in [2.05, 4.69) is 33.9 Å². The smallest absolute Gasteiger partial charge is 0.241 e. The Hall–Kier alpha value is -0.103. The third-order valence-electron chi connectivity index (χ3n) is 5.02. The first-order valence-electron chi connectivity index (χ1n) is 7.33. The Morgan fingerprint density at radius 3 is 2.50 bits per heavy atom. The number of alkyl halides is 1. The molecule has 4 atom stereocenters. The second-order valence-electron chi connectivity index (χ2n) is 7.56. The van der Waals surface area contributed by atoms with Crippen LogP contribution in [0.4, 0.5) is 0 Å². The number of aliphatic hydroxyl groups excluding tert-OH is 1. The molecule has 116 valence electrons. The van der Waals surface area contributed by atoms with Crippen molar-refractivity contribution in [2.75, 3.05) is 6.54 Å².